The third-order valence-corrected chi connectivity index (χ3v) is 8.99. The molecule has 0 unspecified atom stereocenters. The van der Waals surface area contributed by atoms with Gasteiger partial charge in [-0.15, -0.1) is 0 Å². The molecule has 1 aliphatic rings. The van der Waals surface area contributed by atoms with Gasteiger partial charge in [0.1, 0.15) is 0 Å². The van der Waals surface area contributed by atoms with Crippen LogP contribution in [-0.2, 0) is 11.8 Å². The lowest BCUT2D eigenvalue weighted by Crippen LogP contribution is -2.19. The first kappa shape index (κ1) is 22.6. The molecule has 0 nitrogen and oxygen atoms in total. The third kappa shape index (κ3) is 3.31. The van der Waals surface area contributed by atoms with Crippen molar-refractivity contribution < 1.29 is 0 Å². The van der Waals surface area contributed by atoms with Gasteiger partial charge in [-0.25, -0.2) is 0 Å². The fourth-order valence-electron chi connectivity index (χ4n) is 7.24. The van der Waals surface area contributed by atoms with Gasteiger partial charge < -0.3 is 0 Å². The number of rotatable bonds is 1. The van der Waals surface area contributed by atoms with Crippen LogP contribution in [0.2, 0.25) is 0 Å². The van der Waals surface area contributed by atoms with Gasteiger partial charge in [-0.05, 0) is 100 Å². The molecular weight excluding hydrogens is 468 g/mol. The highest BCUT2D eigenvalue weighted by atomic mass is 14.3. The highest BCUT2D eigenvalue weighted by Crippen LogP contribution is 2.44. The van der Waals surface area contributed by atoms with E-state index < -0.39 is 0 Å². The van der Waals surface area contributed by atoms with E-state index in [4.69, 9.17) is 0 Å². The van der Waals surface area contributed by atoms with E-state index in [2.05, 4.69) is 135 Å². The van der Waals surface area contributed by atoms with E-state index in [1.54, 1.807) is 0 Å². The van der Waals surface area contributed by atoms with Crippen LogP contribution in [0.1, 0.15) is 37.0 Å². The Hall–Kier alpha value is -4.42. The minimum absolute atomic E-state index is 0.0185. The van der Waals surface area contributed by atoms with Crippen molar-refractivity contribution in [3.63, 3.8) is 0 Å². The van der Waals surface area contributed by atoms with Crippen LogP contribution in [0.15, 0.2) is 121 Å². The van der Waals surface area contributed by atoms with Gasteiger partial charge in [0.05, 0.1) is 0 Å². The van der Waals surface area contributed by atoms with Crippen LogP contribution in [0.25, 0.3) is 59.4 Å². The molecule has 0 heteroatoms. The Balaban J connectivity index is 1.39. The number of allylic oxidation sites excluding steroid dienone is 4. The summed E-state index contributed by atoms with van der Waals surface area (Å²) in [6, 6.07) is 38.4. The largest absolute Gasteiger partial charge is 0.0795 e. The molecular formula is C39H30. The second kappa shape index (κ2) is 8.29. The third-order valence-electron chi connectivity index (χ3n) is 8.99. The molecule has 0 heterocycles. The van der Waals surface area contributed by atoms with Gasteiger partial charge in [-0.3, -0.25) is 0 Å². The van der Waals surface area contributed by atoms with Crippen molar-refractivity contribution in [3.05, 3.63) is 138 Å². The van der Waals surface area contributed by atoms with Gasteiger partial charge in [0.15, 0.2) is 0 Å². The Morgan fingerprint density at radius 2 is 1.18 bits per heavy atom. The highest BCUT2D eigenvalue weighted by molar-refractivity contribution is 6.25. The molecule has 0 atom stereocenters. The van der Waals surface area contributed by atoms with Gasteiger partial charge in [0, 0.05) is 0 Å². The van der Waals surface area contributed by atoms with Crippen molar-refractivity contribution in [1.82, 2.24) is 0 Å². The van der Waals surface area contributed by atoms with Crippen molar-refractivity contribution in [1.29, 1.82) is 0 Å². The van der Waals surface area contributed by atoms with Crippen molar-refractivity contribution in [3.8, 4) is 0 Å². The second-order valence-electron chi connectivity index (χ2n) is 11.8. The van der Waals surface area contributed by atoms with E-state index in [0.717, 1.165) is 12.8 Å². The van der Waals surface area contributed by atoms with Crippen LogP contribution in [-0.4, -0.2) is 0 Å². The molecule has 0 aromatic heterocycles. The molecule has 0 radical (unpaired) electrons. The smallest absolute Gasteiger partial charge is 0.00206 e. The van der Waals surface area contributed by atoms with Gasteiger partial charge >= 0.3 is 0 Å². The van der Waals surface area contributed by atoms with Crippen molar-refractivity contribution in [2.45, 2.75) is 32.1 Å². The molecule has 1 aliphatic carbocycles. The summed E-state index contributed by atoms with van der Waals surface area (Å²) in [5.41, 5.74) is 5.60. The molecule has 8 rings (SSSR count). The van der Waals surface area contributed by atoms with Crippen LogP contribution in [0.5, 0.6) is 0 Å². The average molecular weight is 499 g/mol. The molecule has 0 aliphatic heterocycles. The fourth-order valence-corrected chi connectivity index (χ4v) is 7.24. The maximum Gasteiger partial charge on any atom is -0.00206 e. The van der Waals surface area contributed by atoms with E-state index in [1.807, 2.05) is 0 Å². The van der Waals surface area contributed by atoms with E-state index in [-0.39, 0.29) is 5.41 Å². The lowest BCUT2D eigenvalue weighted by atomic mass is 9.74. The SMILES string of the molecule is CC1(C)C/C=C(c2cc3cccc4ccc5cccc2c5c43)\C=C/Cc2c1c1ccccc1c1ccccc21. The molecule has 39 heavy (non-hydrogen) atoms. The molecule has 7 aromatic rings. The predicted molar refractivity (Wildman–Crippen MR) is 170 cm³/mol. The van der Waals surface area contributed by atoms with Crippen molar-refractivity contribution >= 4 is 59.4 Å². The molecule has 0 fully saturated rings. The molecule has 0 bridgehead atoms. The molecule has 0 saturated carbocycles. The lowest BCUT2D eigenvalue weighted by Gasteiger charge is -2.30. The quantitative estimate of drug-likeness (QED) is 0.197. The summed E-state index contributed by atoms with van der Waals surface area (Å²) >= 11 is 0. The molecule has 7 aromatic carbocycles. The van der Waals surface area contributed by atoms with Crippen LogP contribution >= 0.6 is 0 Å². The number of fused-ring (bicyclic) bond motifs is 6. The molecule has 186 valence electrons. The number of hydrogen-bond acceptors (Lipinski definition) is 0. The summed E-state index contributed by atoms with van der Waals surface area (Å²) in [7, 11) is 0. The predicted octanol–water partition coefficient (Wildman–Crippen LogP) is 10.8. The first-order valence-electron chi connectivity index (χ1n) is 14.1. The van der Waals surface area contributed by atoms with E-state index in [1.165, 1.54) is 76.1 Å². The molecule has 0 spiro atoms. The monoisotopic (exact) mass is 498 g/mol. The Kier molecular flexibility index (Phi) is 4.79. The van der Waals surface area contributed by atoms with Gasteiger partial charge in [0.2, 0.25) is 0 Å². The van der Waals surface area contributed by atoms with Crippen molar-refractivity contribution in [2.75, 3.05) is 0 Å². The fraction of sp³-hybridized carbons (Fsp3) is 0.128. The first-order chi connectivity index (χ1) is 19.1. The summed E-state index contributed by atoms with van der Waals surface area (Å²) in [4.78, 5) is 0. The van der Waals surface area contributed by atoms with Crippen LogP contribution < -0.4 is 0 Å². The zero-order valence-electron chi connectivity index (χ0n) is 22.5. The minimum Gasteiger partial charge on any atom is -0.0795 e. The summed E-state index contributed by atoms with van der Waals surface area (Å²) in [6.45, 7) is 4.86. The summed E-state index contributed by atoms with van der Waals surface area (Å²) < 4.78 is 0. The molecule has 0 amide bonds. The van der Waals surface area contributed by atoms with Gasteiger partial charge in [-0.1, -0.05) is 129 Å². The summed E-state index contributed by atoms with van der Waals surface area (Å²) in [6.07, 6.45) is 9.17. The number of hydrogen-bond donors (Lipinski definition) is 0. The van der Waals surface area contributed by atoms with E-state index in [9.17, 15) is 0 Å². The van der Waals surface area contributed by atoms with Gasteiger partial charge in [-0.2, -0.15) is 0 Å². The summed E-state index contributed by atoms with van der Waals surface area (Å²) in [5, 5.41) is 13.6. The Bertz CT molecular complexity index is 2130. The number of benzene rings is 7. The van der Waals surface area contributed by atoms with E-state index in [0.29, 0.717) is 0 Å². The summed E-state index contributed by atoms with van der Waals surface area (Å²) in [5.74, 6) is 0. The topological polar surface area (TPSA) is 0 Å². The Labute approximate surface area is 229 Å². The minimum atomic E-state index is -0.0185. The average Bonchev–Trinajstić information content (AvgIpc) is 3.03. The van der Waals surface area contributed by atoms with Crippen molar-refractivity contribution in [2.24, 2.45) is 0 Å². The zero-order valence-corrected chi connectivity index (χ0v) is 22.5. The lowest BCUT2D eigenvalue weighted by molar-refractivity contribution is 0.536. The van der Waals surface area contributed by atoms with Crippen LogP contribution in [0.3, 0.4) is 0 Å². The van der Waals surface area contributed by atoms with Gasteiger partial charge in [0.25, 0.3) is 0 Å². The highest BCUT2D eigenvalue weighted by Gasteiger charge is 2.28. The maximum atomic E-state index is 2.49. The maximum absolute atomic E-state index is 2.49. The Morgan fingerprint density at radius 1 is 0.564 bits per heavy atom. The normalized spacial score (nSPS) is 17.6. The zero-order chi connectivity index (χ0) is 26.1. The van der Waals surface area contributed by atoms with E-state index >= 15 is 0 Å². The van der Waals surface area contributed by atoms with Crippen LogP contribution in [0, 0.1) is 0 Å². The molecule has 0 saturated heterocycles. The van der Waals surface area contributed by atoms with Crippen LogP contribution in [0.4, 0.5) is 0 Å². The first-order valence-corrected chi connectivity index (χ1v) is 14.1. The standard InChI is InChI=1S/C39H30/c1-39(2)23-22-25(35-24-28-13-7-11-26-20-21-27-12-9-18-32(35)37(27)36(26)28)10-8-19-34-31-15-4-3-14-29(31)30-16-5-6-17-33(30)38(34)39/h3-18,20-22,24H,19,23H2,1-2H3/b10-8-,25-22+. The molecule has 0 N–H and O–H groups in total. The Morgan fingerprint density at radius 3 is 1.97 bits per heavy atom. The second-order valence-corrected chi connectivity index (χ2v) is 11.8.